The summed E-state index contributed by atoms with van der Waals surface area (Å²) in [6.45, 7) is 5.73. The average Bonchev–Trinajstić information content (AvgIpc) is 2.38. The molecule has 0 aromatic carbocycles. The molecule has 0 aliphatic carbocycles. The van der Waals surface area contributed by atoms with Crippen LogP contribution < -0.4 is 10.2 Å². The molecule has 0 radical (unpaired) electrons. The number of hydrogen-bond acceptors (Lipinski definition) is 5. The van der Waals surface area contributed by atoms with Gasteiger partial charge in [-0.1, -0.05) is 0 Å². The first-order chi connectivity index (χ1) is 9.85. The van der Waals surface area contributed by atoms with Crippen LogP contribution >= 0.6 is 11.6 Å². The maximum absolute atomic E-state index is 12.0. The van der Waals surface area contributed by atoms with Gasteiger partial charge in [0.15, 0.2) is 0 Å². The minimum atomic E-state index is -4.10. The number of anilines is 2. The van der Waals surface area contributed by atoms with Gasteiger partial charge in [0.1, 0.15) is 0 Å². The van der Waals surface area contributed by atoms with Gasteiger partial charge < -0.3 is 10.2 Å². The number of alkyl halides is 3. The fraction of sp³-hybridized carbons (Fsp3) is 0.750. The zero-order valence-electron chi connectivity index (χ0n) is 12.0. The first-order valence-electron chi connectivity index (χ1n) is 6.82. The predicted octanol–water partition coefficient (Wildman–Crippen LogP) is 3.52. The Labute approximate surface area is 126 Å². The van der Waals surface area contributed by atoms with Crippen LogP contribution in [-0.4, -0.2) is 40.8 Å². The molecule has 0 saturated heterocycles. The van der Waals surface area contributed by atoms with Crippen molar-refractivity contribution in [2.75, 3.05) is 29.9 Å². The Balaban J connectivity index is 2.52. The highest BCUT2D eigenvalue weighted by atomic mass is 35.5. The molecule has 120 valence electrons. The lowest BCUT2D eigenvalue weighted by Crippen LogP contribution is -2.25. The quantitative estimate of drug-likeness (QED) is 0.741. The number of hydrogen-bond donors (Lipinski definition) is 1. The normalized spacial score (nSPS) is 11.5. The van der Waals surface area contributed by atoms with Gasteiger partial charge in [-0.3, -0.25) is 0 Å². The molecule has 1 N–H and O–H groups in total. The molecule has 0 bridgehead atoms. The highest BCUT2D eigenvalue weighted by Gasteiger charge is 2.25. The van der Waals surface area contributed by atoms with Crippen molar-refractivity contribution in [2.24, 2.45) is 0 Å². The topological polar surface area (TPSA) is 53.9 Å². The smallest absolute Gasteiger partial charge is 0.354 e. The second kappa shape index (κ2) is 8.21. The lowest BCUT2D eigenvalue weighted by Gasteiger charge is -2.18. The SMILES string of the molecule is CCN(CC)c1nc(Cl)nc(NCCCCC(F)(F)F)n1. The molecule has 0 spiro atoms. The Morgan fingerprint density at radius 1 is 1.10 bits per heavy atom. The summed E-state index contributed by atoms with van der Waals surface area (Å²) in [4.78, 5) is 14.1. The zero-order valence-corrected chi connectivity index (χ0v) is 12.8. The summed E-state index contributed by atoms with van der Waals surface area (Å²) in [6.07, 6.45) is -4.44. The van der Waals surface area contributed by atoms with E-state index in [2.05, 4.69) is 20.3 Å². The molecule has 0 aliphatic rings. The Bertz CT molecular complexity index is 437. The molecule has 0 amide bonds. The number of rotatable bonds is 8. The standard InChI is InChI=1S/C12H19ClF3N5/c1-3-21(4-2)11-19-9(13)18-10(20-11)17-8-6-5-7-12(14,15)16/h3-8H2,1-2H3,(H,17,18,19,20). The van der Waals surface area contributed by atoms with Gasteiger partial charge in [-0.15, -0.1) is 0 Å². The van der Waals surface area contributed by atoms with Crippen LogP contribution in [0.25, 0.3) is 0 Å². The number of unbranched alkanes of at least 4 members (excludes halogenated alkanes) is 1. The van der Waals surface area contributed by atoms with Crippen LogP contribution in [0.3, 0.4) is 0 Å². The largest absolute Gasteiger partial charge is 0.389 e. The summed E-state index contributed by atoms with van der Waals surface area (Å²) < 4.78 is 36.0. The Hall–Kier alpha value is -1.31. The van der Waals surface area contributed by atoms with Gasteiger partial charge in [0.05, 0.1) is 0 Å². The van der Waals surface area contributed by atoms with Crippen LogP contribution in [0.2, 0.25) is 5.28 Å². The summed E-state index contributed by atoms with van der Waals surface area (Å²) in [5.74, 6) is 0.738. The molecular weight excluding hydrogens is 307 g/mol. The van der Waals surface area contributed by atoms with Gasteiger partial charge in [-0.2, -0.15) is 28.1 Å². The van der Waals surface area contributed by atoms with Crippen LogP contribution in [0, 0.1) is 0 Å². The maximum Gasteiger partial charge on any atom is 0.389 e. The monoisotopic (exact) mass is 325 g/mol. The van der Waals surface area contributed by atoms with E-state index in [4.69, 9.17) is 11.6 Å². The van der Waals surface area contributed by atoms with E-state index in [0.717, 1.165) is 13.1 Å². The molecule has 1 aromatic heterocycles. The minimum absolute atomic E-state index is 0.0599. The molecule has 0 atom stereocenters. The van der Waals surface area contributed by atoms with Crippen molar-refractivity contribution in [3.63, 3.8) is 0 Å². The van der Waals surface area contributed by atoms with Crippen molar-refractivity contribution in [1.82, 2.24) is 15.0 Å². The van der Waals surface area contributed by atoms with Gasteiger partial charge in [0.25, 0.3) is 0 Å². The zero-order chi connectivity index (χ0) is 15.9. The number of nitrogens with one attached hydrogen (secondary N) is 1. The summed E-state index contributed by atoms with van der Waals surface area (Å²) in [5, 5.41) is 2.93. The van der Waals surface area contributed by atoms with E-state index in [1.54, 1.807) is 0 Å². The third kappa shape index (κ3) is 6.79. The average molecular weight is 326 g/mol. The Morgan fingerprint density at radius 3 is 2.33 bits per heavy atom. The van der Waals surface area contributed by atoms with Crippen molar-refractivity contribution in [3.8, 4) is 0 Å². The van der Waals surface area contributed by atoms with E-state index >= 15 is 0 Å². The second-order valence-electron chi connectivity index (χ2n) is 4.40. The predicted molar refractivity (Wildman–Crippen MR) is 76.8 cm³/mol. The summed E-state index contributed by atoms with van der Waals surface area (Å²) >= 11 is 5.83. The third-order valence-corrected chi connectivity index (χ3v) is 2.98. The lowest BCUT2D eigenvalue weighted by atomic mass is 10.2. The van der Waals surface area contributed by atoms with E-state index < -0.39 is 12.6 Å². The molecule has 0 saturated carbocycles. The van der Waals surface area contributed by atoms with Gasteiger partial charge in [-0.25, -0.2) is 0 Å². The summed E-state index contributed by atoms with van der Waals surface area (Å²) in [7, 11) is 0. The first-order valence-corrected chi connectivity index (χ1v) is 7.20. The van der Waals surface area contributed by atoms with E-state index in [1.165, 1.54) is 0 Å². The fourth-order valence-electron chi connectivity index (χ4n) is 1.72. The minimum Gasteiger partial charge on any atom is -0.354 e. The van der Waals surface area contributed by atoms with E-state index in [1.807, 2.05) is 18.7 Å². The van der Waals surface area contributed by atoms with Crippen LogP contribution in [0.1, 0.15) is 33.1 Å². The van der Waals surface area contributed by atoms with Crippen LogP contribution in [0.5, 0.6) is 0 Å². The summed E-state index contributed by atoms with van der Waals surface area (Å²) in [5.41, 5.74) is 0. The highest BCUT2D eigenvalue weighted by molar-refractivity contribution is 6.28. The highest BCUT2D eigenvalue weighted by Crippen LogP contribution is 2.22. The number of nitrogens with zero attached hydrogens (tertiary/aromatic N) is 4. The van der Waals surface area contributed by atoms with Crippen molar-refractivity contribution in [1.29, 1.82) is 0 Å². The van der Waals surface area contributed by atoms with Gasteiger partial charge in [0.2, 0.25) is 17.2 Å². The van der Waals surface area contributed by atoms with Crippen LogP contribution in [0.4, 0.5) is 25.1 Å². The Morgan fingerprint density at radius 2 is 1.76 bits per heavy atom. The number of halogens is 4. The first kappa shape index (κ1) is 17.7. The second-order valence-corrected chi connectivity index (χ2v) is 4.74. The van der Waals surface area contributed by atoms with Crippen molar-refractivity contribution in [3.05, 3.63) is 5.28 Å². The fourth-order valence-corrected chi connectivity index (χ4v) is 1.87. The molecule has 1 heterocycles. The van der Waals surface area contributed by atoms with E-state index in [9.17, 15) is 13.2 Å². The third-order valence-electron chi connectivity index (χ3n) is 2.81. The molecule has 0 fully saturated rings. The molecule has 9 heteroatoms. The summed E-state index contributed by atoms with van der Waals surface area (Å²) in [6, 6.07) is 0. The maximum atomic E-state index is 12.0. The van der Waals surface area contributed by atoms with Crippen LogP contribution in [0.15, 0.2) is 0 Å². The molecule has 1 rings (SSSR count). The van der Waals surface area contributed by atoms with Crippen molar-refractivity contribution in [2.45, 2.75) is 39.3 Å². The molecule has 21 heavy (non-hydrogen) atoms. The Kier molecular flexibility index (Phi) is 6.94. The molecule has 1 aromatic rings. The van der Waals surface area contributed by atoms with Gasteiger partial charge >= 0.3 is 6.18 Å². The number of aromatic nitrogens is 3. The van der Waals surface area contributed by atoms with Crippen LogP contribution in [-0.2, 0) is 0 Å². The van der Waals surface area contributed by atoms with E-state index in [-0.39, 0.29) is 17.7 Å². The van der Waals surface area contributed by atoms with Gasteiger partial charge in [0, 0.05) is 26.1 Å². The van der Waals surface area contributed by atoms with Crippen molar-refractivity contribution < 1.29 is 13.2 Å². The van der Waals surface area contributed by atoms with E-state index in [0.29, 0.717) is 18.9 Å². The lowest BCUT2D eigenvalue weighted by molar-refractivity contribution is -0.135. The molecule has 0 unspecified atom stereocenters. The van der Waals surface area contributed by atoms with Gasteiger partial charge in [-0.05, 0) is 38.3 Å². The van der Waals surface area contributed by atoms with Crippen molar-refractivity contribution >= 4 is 23.5 Å². The molecule has 5 nitrogen and oxygen atoms in total. The molecular formula is C12H19ClF3N5. The molecule has 0 aliphatic heterocycles.